The molecule has 0 N–H and O–H groups in total. The zero-order valence-corrected chi connectivity index (χ0v) is 11.1. The second kappa shape index (κ2) is 5.48. The molecule has 20 heavy (non-hydrogen) atoms. The minimum absolute atomic E-state index is 0.862. The average molecular weight is 262 g/mol. The Morgan fingerprint density at radius 1 is 0.950 bits per heavy atom. The van der Waals surface area contributed by atoms with Crippen molar-refractivity contribution in [3.05, 3.63) is 71.9 Å². The molecule has 0 amide bonds. The molecule has 2 aromatic carbocycles. The molecule has 0 bridgehead atoms. The number of aromatic nitrogens is 3. The summed E-state index contributed by atoms with van der Waals surface area (Å²) in [7, 11) is 0. The quantitative estimate of drug-likeness (QED) is 0.680. The van der Waals surface area contributed by atoms with Crippen LogP contribution in [0.1, 0.15) is 11.3 Å². The molecule has 0 aliphatic heterocycles. The lowest BCUT2D eigenvalue weighted by Gasteiger charge is -2.01. The van der Waals surface area contributed by atoms with Crippen LogP contribution in [0.15, 0.2) is 65.8 Å². The predicted octanol–water partition coefficient (Wildman–Crippen LogP) is 3.14. The Kier molecular flexibility index (Phi) is 3.37. The van der Waals surface area contributed by atoms with E-state index in [-0.39, 0.29) is 0 Å². The first-order valence-corrected chi connectivity index (χ1v) is 6.42. The van der Waals surface area contributed by atoms with Gasteiger partial charge in [0.2, 0.25) is 0 Å². The van der Waals surface area contributed by atoms with Gasteiger partial charge in [-0.15, -0.1) is 9.89 Å². The summed E-state index contributed by atoms with van der Waals surface area (Å²) in [5.74, 6) is 0. The van der Waals surface area contributed by atoms with Gasteiger partial charge in [-0.1, -0.05) is 60.7 Å². The lowest BCUT2D eigenvalue weighted by atomic mass is 10.1. The zero-order chi connectivity index (χ0) is 13.8. The minimum atomic E-state index is 0.862. The summed E-state index contributed by atoms with van der Waals surface area (Å²) in [5, 5.41) is 12.6. The van der Waals surface area contributed by atoms with Crippen molar-refractivity contribution in [2.45, 2.75) is 6.92 Å². The van der Waals surface area contributed by atoms with Crippen molar-refractivity contribution in [2.75, 3.05) is 0 Å². The lowest BCUT2D eigenvalue weighted by molar-refractivity contribution is 0.702. The van der Waals surface area contributed by atoms with E-state index in [1.165, 1.54) is 0 Å². The summed E-state index contributed by atoms with van der Waals surface area (Å²) in [6, 6.07) is 20.0. The van der Waals surface area contributed by atoms with Gasteiger partial charge in [0.15, 0.2) is 0 Å². The monoisotopic (exact) mass is 262 g/mol. The topological polar surface area (TPSA) is 43.1 Å². The molecule has 4 nitrogen and oxygen atoms in total. The number of hydrogen-bond donors (Lipinski definition) is 0. The van der Waals surface area contributed by atoms with E-state index >= 15 is 0 Å². The second-order valence-corrected chi connectivity index (χ2v) is 4.43. The summed E-state index contributed by atoms with van der Waals surface area (Å²) in [6.45, 7) is 1.93. The Hall–Kier alpha value is -2.75. The standard InChI is InChI=1S/C16H14N4/c1-13-16(15-10-6-3-7-11-15)20(19-18-13)17-12-14-8-4-2-5-9-14/h2-12H,1H3/b17-12+. The van der Waals surface area contributed by atoms with E-state index in [0.29, 0.717) is 0 Å². The number of nitrogens with zero attached hydrogens (tertiary/aromatic N) is 4. The van der Waals surface area contributed by atoms with Crippen molar-refractivity contribution in [3.8, 4) is 11.3 Å². The number of aryl methyl sites for hydroxylation is 1. The Morgan fingerprint density at radius 3 is 2.30 bits per heavy atom. The van der Waals surface area contributed by atoms with Crippen LogP contribution in [0.5, 0.6) is 0 Å². The maximum Gasteiger partial charge on any atom is 0.118 e. The molecular formula is C16H14N4. The lowest BCUT2D eigenvalue weighted by Crippen LogP contribution is -1.96. The third-order valence-electron chi connectivity index (χ3n) is 2.99. The maximum atomic E-state index is 4.39. The van der Waals surface area contributed by atoms with Gasteiger partial charge in [-0.2, -0.15) is 5.10 Å². The first kappa shape index (κ1) is 12.3. The molecule has 1 aromatic heterocycles. The minimum Gasteiger partial charge on any atom is -0.156 e. The molecule has 0 aliphatic rings. The molecule has 0 fully saturated rings. The van der Waals surface area contributed by atoms with Gasteiger partial charge >= 0.3 is 0 Å². The van der Waals surface area contributed by atoms with Gasteiger partial charge in [-0.25, -0.2) is 0 Å². The highest BCUT2D eigenvalue weighted by Gasteiger charge is 2.10. The molecule has 0 unspecified atom stereocenters. The molecule has 3 aromatic rings. The Morgan fingerprint density at radius 2 is 1.60 bits per heavy atom. The Labute approximate surface area is 117 Å². The fourth-order valence-corrected chi connectivity index (χ4v) is 2.01. The van der Waals surface area contributed by atoms with Crippen molar-refractivity contribution in [2.24, 2.45) is 5.10 Å². The molecule has 0 atom stereocenters. The average Bonchev–Trinajstić information content (AvgIpc) is 2.88. The van der Waals surface area contributed by atoms with Crippen molar-refractivity contribution < 1.29 is 0 Å². The van der Waals surface area contributed by atoms with Crippen LogP contribution in [-0.4, -0.2) is 21.3 Å². The fourth-order valence-electron chi connectivity index (χ4n) is 2.01. The second-order valence-electron chi connectivity index (χ2n) is 4.43. The summed E-state index contributed by atoms with van der Waals surface area (Å²) in [5.41, 5.74) is 3.86. The van der Waals surface area contributed by atoms with Gasteiger partial charge in [0.1, 0.15) is 5.69 Å². The van der Waals surface area contributed by atoms with Crippen LogP contribution in [-0.2, 0) is 0 Å². The smallest absolute Gasteiger partial charge is 0.118 e. The zero-order valence-electron chi connectivity index (χ0n) is 11.1. The highest BCUT2D eigenvalue weighted by atomic mass is 15.6. The van der Waals surface area contributed by atoms with Crippen molar-refractivity contribution >= 4 is 6.21 Å². The van der Waals surface area contributed by atoms with Crippen molar-refractivity contribution in [3.63, 3.8) is 0 Å². The predicted molar refractivity (Wildman–Crippen MR) is 79.6 cm³/mol. The summed E-state index contributed by atoms with van der Waals surface area (Å²) >= 11 is 0. The normalized spacial score (nSPS) is 11.1. The van der Waals surface area contributed by atoms with Crippen molar-refractivity contribution in [1.29, 1.82) is 0 Å². The molecule has 1 heterocycles. The maximum absolute atomic E-state index is 4.39. The molecule has 98 valence electrons. The molecular weight excluding hydrogens is 248 g/mol. The van der Waals surface area contributed by atoms with Gasteiger partial charge in [-0.3, -0.25) is 0 Å². The van der Waals surface area contributed by atoms with E-state index in [1.54, 1.807) is 11.0 Å². The summed E-state index contributed by atoms with van der Waals surface area (Å²) in [6.07, 6.45) is 1.78. The molecule has 4 heteroatoms. The highest BCUT2D eigenvalue weighted by Crippen LogP contribution is 2.20. The highest BCUT2D eigenvalue weighted by molar-refractivity contribution is 5.79. The van der Waals surface area contributed by atoms with Gasteiger partial charge in [0, 0.05) is 5.56 Å². The van der Waals surface area contributed by atoms with Crippen molar-refractivity contribution in [1.82, 2.24) is 15.1 Å². The number of benzene rings is 2. The van der Waals surface area contributed by atoms with Crippen LogP contribution in [0.25, 0.3) is 11.3 Å². The van der Waals surface area contributed by atoms with E-state index in [0.717, 1.165) is 22.5 Å². The third kappa shape index (κ3) is 2.49. The molecule has 0 saturated heterocycles. The van der Waals surface area contributed by atoms with Crippen LogP contribution >= 0.6 is 0 Å². The largest absolute Gasteiger partial charge is 0.156 e. The van der Waals surface area contributed by atoms with E-state index in [4.69, 9.17) is 0 Å². The van der Waals surface area contributed by atoms with Crippen LogP contribution in [0.2, 0.25) is 0 Å². The van der Waals surface area contributed by atoms with Crippen LogP contribution in [0.3, 0.4) is 0 Å². The number of hydrogen-bond acceptors (Lipinski definition) is 3. The molecule has 3 rings (SSSR count). The van der Waals surface area contributed by atoms with Gasteiger partial charge < -0.3 is 0 Å². The third-order valence-corrected chi connectivity index (χ3v) is 2.99. The first-order valence-electron chi connectivity index (χ1n) is 6.42. The Balaban J connectivity index is 1.98. The fraction of sp³-hybridized carbons (Fsp3) is 0.0625. The molecule has 0 aliphatic carbocycles. The van der Waals surface area contributed by atoms with Gasteiger partial charge in [0.25, 0.3) is 0 Å². The van der Waals surface area contributed by atoms with E-state index in [9.17, 15) is 0 Å². The summed E-state index contributed by atoms with van der Waals surface area (Å²) in [4.78, 5) is 1.57. The SMILES string of the molecule is Cc1nnn(/N=C/c2ccccc2)c1-c1ccccc1. The van der Waals surface area contributed by atoms with Gasteiger partial charge in [0.05, 0.1) is 11.9 Å². The van der Waals surface area contributed by atoms with Crippen LogP contribution < -0.4 is 0 Å². The van der Waals surface area contributed by atoms with Crippen LogP contribution in [0.4, 0.5) is 0 Å². The number of rotatable bonds is 3. The van der Waals surface area contributed by atoms with Gasteiger partial charge in [-0.05, 0) is 17.7 Å². The molecule has 0 radical (unpaired) electrons. The van der Waals surface area contributed by atoms with E-state index in [1.807, 2.05) is 67.6 Å². The molecule has 0 spiro atoms. The van der Waals surface area contributed by atoms with Crippen LogP contribution in [0, 0.1) is 6.92 Å². The summed E-state index contributed by atoms with van der Waals surface area (Å²) < 4.78 is 0. The molecule has 0 saturated carbocycles. The Bertz CT molecular complexity index is 715. The first-order chi connectivity index (χ1) is 9.84. The van der Waals surface area contributed by atoms with E-state index < -0.39 is 0 Å². The van der Waals surface area contributed by atoms with E-state index in [2.05, 4.69) is 15.4 Å².